The van der Waals surface area contributed by atoms with Crippen molar-refractivity contribution in [2.45, 2.75) is 32.6 Å². The Hall–Kier alpha value is -1.86. The van der Waals surface area contributed by atoms with Gasteiger partial charge in [-0.3, -0.25) is 4.90 Å². The van der Waals surface area contributed by atoms with Crippen LogP contribution in [0.5, 0.6) is 5.75 Å². The number of aryl methyl sites for hydroxylation is 1. The third-order valence-corrected chi connectivity index (χ3v) is 4.25. The zero-order valence-corrected chi connectivity index (χ0v) is 14.6. The van der Waals surface area contributed by atoms with E-state index >= 15 is 0 Å². The Bertz CT molecular complexity index is 744. The van der Waals surface area contributed by atoms with Gasteiger partial charge in [-0.1, -0.05) is 18.3 Å². The first kappa shape index (κ1) is 18.5. The van der Waals surface area contributed by atoms with Gasteiger partial charge in [0.1, 0.15) is 17.9 Å². The number of likely N-dealkylation sites (tertiary alicyclic amines) is 1. The van der Waals surface area contributed by atoms with Gasteiger partial charge in [0.25, 0.3) is 0 Å². The predicted molar refractivity (Wildman–Crippen MR) is 94.3 cm³/mol. The molecule has 2 heterocycles. The van der Waals surface area contributed by atoms with Crippen molar-refractivity contribution in [2.75, 3.05) is 26.2 Å². The number of hydrogen-bond donors (Lipinski definition) is 0. The molecule has 0 bridgehead atoms. The van der Waals surface area contributed by atoms with Gasteiger partial charge in [0.2, 0.25) is 5.52 Å². The molecular weight excluding hydrogens is 332 g/mol. The summed E-state index contributed by atoms with van der Waals surface area (Å²) in [5, 5.41) is 15.6. The van der Waals surface area contributed by atoms with Gasteiger partial charge in [-0.25, -0.2) is 0 Å². The van der Waals surface area contributed by atoms with Crippen molar-refractivity contribution in [1.82, 2.24) is 14.8 Å². The fourth-order valence-electron chi connectivity index (χ4n) is 2.95. The van der Waals surface area contributed by atoms with Crippen LogP contribution in [0, 0.1) is 10.1 Å². The van der Waals surface area contributed by atoms with Gasteiger partial charge < -0.3 is 9.94 Å². The second kappa shape index (κ2) is 8.30. The van der Waals surface area contributed by atoms with Crippen LogP contribution >= 0.6 is 12.4 Å². The standard InChI is InChI=1S/C16H22N4O3.ClH/c1-2-16-17-20(22)14-7-6-13(12-15(14)19(16)21)23-11-10-18-8-4-3-5-9-18;/h6-7,12H,2-5,8-11H2,1H3;1H. The summed E-state index contributed by atoms with van der Waals surface area (Å²) >= 11 is 0. The molecule has 0 radical (unpaired) electrons. The van der Waals surface area contributed by atoms with E-state index in [-0.39, 0.29) is 23.7 Å². The highest BCUT2D eigenvalue weighted by molar-refractivity contribution is 5.85. The summed E-state index contributed by atoms with van der Waals surface area (Å²) in [4.78, 5) is 15.1. The Morgan fingerprint density at radius 2 is 2.04 bits per heavy atom. The summed E-state index contributed by atoms with van der Waals surface area (Å²) in [6.07, 6.45) is 4.22. The lowest BCUT2D eigenvalue weighted by Gasteiger charge is -2.26. The molecule has 2 aromatic rings. The summed E-state index contributed by atoms with van der Waals surface area (Å²) < 4.78 is 6.47. The highest BCUT2D eigenvalue weighted by Crippen LogP contribution is 2.17. The van der Waals surface area contributed by atoms with Crippen LogP contribution in [0.15, 0.2) is 18.2 Å². The van der Waals surface area contributed by atoms with Gasteiger partial charge in [0.15, 0.2) is 0 Å². The Labute approximate surface area is 146 Å². The largest absolute Gasteiger partial charge is 0.772 e. The summed E-state index contributed by atoms with van der Waals surface area (Å²) in [6.45, 7) is 5.51. The van der Waals surface area contributed by atoms with Crippen LogP contribution in [0.2, 0.25) is 0 Å². The molecule has 1 saturated heterocycles. The number of piperidine rings is 1. The smallest absolute Gasteiger partial charge is 0.367 e. The molecule has 0 aliphatic carbocycles. The quantitative estimate of drug-likeness (QED) is 0.769. The molecule has 1 fully saturated rings. The molecule has 1 aliphatic rings. The second-order valence-corrected chi connectivity index (χ2v) is 5.84. The molecule has 0 amide bonds. The minimum absolute atomic E-state index is 0. The van der Waals surface area contributed by atoms with Crippen molar-refractivity contribution in [1.29, 1.82) is 0 Å². The molecule has 8 heteroatoms. The van der Waals surface area contributed by atoms with Crippen molar-refractivity contribution in [3.05, 3.63) is 34.1 Å². The number of halogens is 1. The van der Waals surface area contributed by atoms with Gasteiger partial charge in [-0.2, -0.15) is 4.85 Å². The lowest BCUT2D eigenvalue weighted by molar-refractivity contribution is -0.480. The topological polar surface area (TPSA) is 76.3 Å². The van der Waals surface area contributed by atoms with Crippen LogP contribution in [0.3, 0.4) is 0 Å². The van der Waals surface area contributed by atoms with E-state index in [1.54, 1.807) is 25.1 Å². The van der Waals surface area contributed by atoms with Crippen molar-refractivity contribution in [3.63, 3.8) is 0 Å². The maximum absolute atomic E-state index is 12.2. The van der Waals surface area contributed by atoms with E-state index in [0.717, 1.165) is 19.6 Å². The number of ether oxygens (including phenoxy) is 1. The van der Waals surface area contributed by atoms with E-state index in [0.29, 0.717) is 33.6 Å². The summed E-state index contributed by atoms with van der Waals surface area (Å²) in [5.74, 6) is 0.810. The van der Waals surface area contributed by atoms with Crippen LogP contribution in [0.4, 0.5) is 0 Å². The Morgan fingerprint density at radius 3 is 2.75 bits per heavy atom. The fourth-order valence-corrected chi connectivity index (χ4v) is 2.95. The number of hydrogen-bond acceptors (Lipinski definition) is 5. The predicted octanol–water partition coefficient (Wildman–Crippen LogP) is 2.15. The maximum Gasteiger partial charge on any atom is 0.367 e. The average molecular weight is 355 g/mol. The van der Waals surface area contributed by atoms with E-state index in [9.17, 15) is 10.1 Å². The molecule has 1 aromatic carbocycles. The Balaban J connectivity index is 0.00000208. The highest BCUT2D eigenvalue weighted by atomic mass is 35.5. The van der Waals surface area contributed by atoms with E-state index in [1.807, 2.05) is 0 Å². The summed E-state index contributed by atoms with van der Waals surface area (Å²) in [5.41, 5.74) is 0.544. The van der Waals surface area contributed by atoms with Crippen molar-refractivity contribution in [2.24, 2.45) is 0 Å². The Kier molecular flexibility index (Phi) is 6.39. The van der Waals surface area contributed by atoms with Crippen LogP contribution in [-0.4, -0.2) is 41.1 Å². The minimum Gasteiger partial charge on any atom is -0.772 e. The lowest BCUT2D eigenvalue weighted by atomic mass is 10.1. The monoisotopic (exact) mass is 354 g/mol. The first-order valence-electron chi connectivity index (χ1n) is 8.20. The van der Waals surface area contributed by atoms with Crippen molar-refractivity contribution in [3.8, 4) is 5.75 Å². The first-order valence-corrected chi connectivity index (χ1v) is 8.20. The molecule has 0 N–H and O–H groups in total. The maximum atomic E-state index is 12.2. The molecule has 0 atom stereocenters. The first-order chi connectivity index (χ1) is 11.2. The third-order valence-electron chi connectivity index (χ3n) is 4.25. The van der Waals surface area contributed by atoms with E-state index in [4.69, 9.17) is 4.74 Å². The van der Waals surface area contributed by atoms with Gasteiger partial charge >= 0.3 is 5.82 Å². The van der Waals surface area contributed by atoms with Crippen LogP contribution < -0.4 is 9.16 Å². The number of benzene rings is 1. The average Bonchev–Trinajstić information content (AvgIpc) is 2.59. The van der Waals surface area contributed by atoms with E-state index in [1.165, 1.54) is 19.3 Å². The summed E-state index contributed by atoms with van der Waals surface area (Å²) in [7, 11) is 0. The minimum atomic E-state index is 0. The SMILES string of the molecule is CCc1nn([O-])c2ccc(OCCN3CCCCC3)cc2[n+]1=O.Cl. The normalized spacial score (nSPS) is 15.2. The number of fused-ring (bicyclic) bond motifs is 1. The van der Waals surface area contributed by atoms with Gasteiger partial charge in [-0.05, 0) is 38.1 Å². The van der Waals surface area contributed by atoms with Gasteiger partial charge in [0.05, 0.1) is 11.5 Å². The molecule has 0 spiro atoms. The van der Waals surface area contributed by atoms with E-state index < -0.39 is 0 Å². The molecule has 7 nitrogen and oxygen atoms in total. The summed E-state index contributed by atoms with van der Waals surface area (Å²) in [6, 6.07) is 4.91. The zero-order valence-electron chi connectivity index (χ0n) is 13.8. The number of rotatable bonds is 5. The van der Waals surface area contributed by atoms with Gasteiger partial charge in [-0.15, -0.1) is 12.4 Å². The van der Waals surface area contributed by atoms with E-state index in [2.05, 4.69) is 10.00 Å². The molecule has 132 valence electrons. The molecule has 24 heavy (non-hydrogen) atoms. The number of nitrogens with zero attached hydrogens (tertiary/aromatic N) is 4. The fraction of sp³-hybridized carbons (Fsp3) is 0.562. The molecule has 1 aliphatic heterocycles. The number of aromatic nitrogens is 3. The Morgan fingerprint density at radius 1 is 1.29 bits per heavy atom. The van der Waals surface area contributed by atoms with Crippen LogP contribution in [0.25, 0.3) is 11.0 Å². The van der Waals surface area contributed by atoms with Crippen LogP contribution in [0.1, 0.15) is 32.0 Å². The third kappa shape index (κ3) is 3.96. The van der Waals surface area contributed by atoms with Gasteiger partial charge in [0, 0.05) is 17.0 Å². The molecule has 0 unspecified atom stereocenters. The van der Waals surface area contributed by atoms with Crippen molar-refractivity contribution < 1.29 is 9.16 Å². The molecular formula is C16H23ClN4O3. The highest BCUT2D eigenvalue weighted by Gasteiger charge is 2.16. The lowest BCUT2D eigenvalue weighted by Crippen LogP contribution is -2.33. The second-order valence-electron chi connectivity index (χ2n) is 5.84. The molecule has 0 saturated carbocycles. The molecule has 1 aromatic heterocycles. The molecule has 3 rings (SSSR count). The van der Waals surface area contributed by atoms with Crippen molar-refractivity contribution >= 4 is 23.4 Å². The van der Waals surface area contributed by atoms with Crippen LogP contribution in [-0.2, 0) is 6.42 Å². The zero-order chi connectivity index (χ0) is 16.2.